The van der Waals surface area contributed by atoms with Crippen molar-refractivity contribution in [2.45, 2.75) is 11.3 Å². The molecule has 2 aromatic heterocycles. The molecule has 0 fully saturated rings. The second kappa shape index (κ2) is 8.78. The largest absolute Gasteiger partial charge is 0.486 e. The van der Waals surface area contributed by atoms with Gasteiger partial charge in [-0.2, -0.15) is 0 Å². The maximum atomic E-state index is 12.2. The van der Waals surface area contributed by atoms with Crippen LogP contribution >= 0.6 is 34.7 Å². The van der Waals surface area contributed by atoms with Crippen LogP contribution in [-0.4, -0.2) is 41.1 Å². The third kappa shape index (κ3) is 4.34. The van der Waals surface area contributed by atoms with Crippen molar-refractivity contribution in [3.8, 4) is 22.3 Å². The minimum atomic E-state index is -0.242. The average Bonchev–Trinajstić information content (AvgIpc) is 3.41. The van der Waals surface area contributed by atoms with Gasteiger partial charge in [-0.3, -0.25) is 4.79 Å². The summed E-state index contributed by atoms with van der Waals surface area (Å²) in [6.07, 6.45) is -0.242. The number of fused-ring (bicyclic) bond motifs is 2. The van der Waals surface area contributed by atoms with Crippen LogP contribution < -0.4 is 14.8 Å². The van der Waals surface area contributed by atoms with Gasteiger partial charge in [-0.05, 0) is 18.2 Å². The molecule has 10 heteroatoms. The molecular weight excluding hydrogens is 458 g/mol. The summed E-state index contributed by atoms with van der Waals surface area (Å²) >= 11 is 9.13. The molecule has 1 N–H and O–H groups in total. The van der Waals surface area contributed by atoms with Gasteiger partial charge < -0.3 is 19.2 Å². The third-order valence-electron chi connectivity index (χ3n) is 4.56. The van der Waals surface area contributed by atoms with E-state index in [0.717, 1.165) is 15.0 Å². The molecule has 158 valence electrons. The lowest BCUT2D eigenvalue weighted by atomic mass is 10.2. The number of nitrogens with one attached hydrogen (secondary N) is 1. The predicted octanol–water partition coefficient (Wildman–Crippen LogP) is 4.65. The normalized spacial score (nSPS) is 15.2. The number of ether oxygens (including phenoxy) is 2. The highest BCUT2D eigenvalue weighted by molar-refractivity contribution is 7.99. The summed E-state index contributed by atoms with van der Waals surface area (Å²) in [5.41, 5.74) is 0. The molecule has 2 aromatic carbocycles. The molecule has 1 amide bonds. The van der Waals surface area contributed by atoms with Crippen molar-refractivity contribution in [2.75, 3.05) is 18.9 Å². The highest BCUT2D eigenvalue weighted by Gasteiger charge is 2.22. The Morgan fingerprint density at radius 3 is 2.84 bits per heavy atom. The summed E-state index contributed by atoms with van der Waals surface area (Å²) < 4.78 is 18.2. The number of hydrogen-bond acceptors (Lipinski definition) is 8. The maximum Gasteiger partial charge on any atom is 0.277 e. The third-order valence-corrected chi connectivity index (χ3v) is 7.04. The Hall–Kier alpha value is -2.75. The van der Waals surface area contributed by atoms with Crippen LogP contribution in [0.25, 0.3) is 20.9 Å². The Bertz CT molecular complexity index is 1240. The molecule has 0 saturated heterocycles. The van der Waals surface area contributed by atoms with Crippen LogP contribution in [0, 0.1) is 0 Å². The number of hydrogen-bond donors (Lipinski definition) is 1. The van der Waals surface area contributed by atoms with E-state index >= 15 is 0 Å². The summed E-state index contributed by atoms with van der Waals surface area (Å²) in [5.74, 6) is 1.73. The SMILES string of the molecule is O=C(CSc1nnc(-c2sc3ccccc3c2Cl)o1)NCC1COc2ccccc2O1. The number of carbonyl (C=O) groups is 1. The molecule has 5 rings (SSSR count). The van der Waals surface area contributed by atoms with Gasteiger partial charge in [-0.15, -0.1) is 21.5 Å². The number of carbonyl (C=O) groups excluding carboxylic acids is 1. The molecule has 1 aliphatic heterocycles. The van der Waals surface area contributed by atoms with Crippen molar-refractivity contribution >= 4 is 50.7 Å². The number of aromatic nitrogens is 2. The van der Waals surface area contributed by atoms with E-state index in [9.17, 15) is 4.79 Å². The zero-order valence-corrected chi connectivity index (χ0v) is 18.4. The molecule has 3 heterocycles. The number of para-hydroxylation sites is 2. The number of amides is 1. The summed E-state index contributed by atoms with van der Waals surface area (Å²) in [4.78, 5) is 12.9. The number of benzene rings is 2. The Balaban J connectivity index is 1.14. The summed E-state index contributed by atoms with van der Waals surface area (Å²) in [6.45, 7) is 0.730. The van der Waals surface area contributed by atoms with Crippen LogP contribution in [0.2, 0.25) is 5.02 Å². The average molecular weight is 474 g/mol. The first kappa shape index (κ1) is 20.2. The maximum absolute atomic E-state index is 12.2. The van der Waals surface area contributed by atoms with Crippen LogP contribution in [0.4, 0.5) is 0 Å². The van der Waals surface area contributed by atoms with Crippen LogP contribution in [-0.2, 0) is 4.79 Å². The fraction of sp³-hybridized carbons (Fsp3) is 0.190. The standard InChI is InChI=1S/C21H16ClN3O4S2/c22-18-13-5-1-4-8-16(13)31-19(18)20-24-25-21(29-20)30-11-17(26)23-9-12-10-27-14-6-2-3-7-15(14)28-12/h1-8,12H,9-11H2,(H,23,26). The van der Waals surface area contributed by atoms with Crippen LogP contribution in [0.5, 0.6) is 11.5 Å². The van der Waals surface area contributed by atoms with Gasteiger partial charge in [0.25, 0.3) is 11.1 Å². The quantitative estimate of drug-likeness (QED) is 0.408. The van der Waals surface area contributed by atoms with Gasteiger partial charge in [-0.1, -0.05) is 53.7 Å². The number of halogens is 1. The van der Waals surface area contributed by atoms with Crippen molar-refractivity contribution in [3.63, 3.8) is 0 Å². The van der Waals surface area contributed by atoms with Gasteiger partial charge in [0.15, 0.2) is 11.5 Å². The fourth-order valence-electron chi connectivity index (χ4n) is 3.08. The van der Waals surface area contributed by atoms with Crippen LogP contribution in [0.15, 0.2) is 58.2 Å². The van der Waals surface area contributed by atoms with Crippen molar-refractivity contribution in [3.05, 3.63) is 53.6 Å². The van der Waals surface area contributed by atoms with Gasteiger partial charge in [0.1, 0.15) is 17.6 Å². The second-order valence-corrected chi connectivity index (χ2v) is 9.06. The molecule has 1 aliphatic rings. The first-order valence-electron chi connectivity index (χ1n) is 9.46. The monoisotopic (exact) mass is 473 g/mol. The zero-order chi connectivity index (χ0) is 21.2. The van der Waals surface area contributed by atoms with E-state index in [2.05, 4.69) is 15.5 Å². The molecule has 7 nitrogen and oxygen atoms in total. The number of thioether (sulfide) groups is 1. The van der Waals surface area contributed by atoms with Gasteiger partial charge in [0, 0.05) is 10.1 Å². The zero-order valence-electron chi connectivity index (χ0n) is 16.0. The topological polar surface area (TPSA) is 86.5 Å². The summed E-state index contributed by atoms with van der Waals surface area (Å²) in [5, 5.41) is 12.8. The molecule has 0 spiro atoms. The van der Waals surface area contributed by atoms with E-state index in [1.807, 2.05) is 48.5 Å². The number of rotatable bonds is 6. The first-order chi connectivity index (χ1) is 15.2. The minimum absolute atomic E-state index is 0.145. The molecule has 31 heavy (non-hydrogen) atoms. The smallest absolute Gasteiger partial charge is 0.277 e. The van der Waals surface area contributed by atoms with Gasteiger partial charge >= 0.3 is 0 Å². The number of nitrogens with zero attached hydrogens (tertiary/aromatic N) is 2. The van der Waals surface area contributed by atoms with Gasteiger partial charge in [0.2, 0.25) is 5.91 Å². The lowest BCUT2D eigenvalue weighted by molar-refractivity contribution is -0.119. The van der Waals surface area contributed by atoms with E-state index < -0.39 is 0 Å². The Kier molecular flexibility index (Phi) is 5.71. The molecular formula is C21H16ClN3O4S2. The predicted molar refractivity (Wildman–Crippen MR) is 120 cm³/mol. The molecule has 0 bridgehead atoms. The van der Waals surface area contributed by atoms with Crippen molar-refractivity contribution in [1.82, 2.24) is 15.5 Å². The Morgan fingerprint density at radius 1 is 1.16 bits per heavy atom. The minimum Gasteiger partial charge on any atom is -0.486 e. The molecule has 4 aromatic rings. The summed E-state index contributed by atoms with van der Waals surface area (Å²) in [6, 6.07) is 15.3. The second-order valence-electron chi connectivity index (χ2n) is 6.70. The van der Waals surface area contributed by atoms with E-state index in [4.69, 9.17) is 25.5 Å². The fourth-order valence-corrected chi connectivity index (χ4v) is 5.11. The van der Waals surface area contributed by atoms with Crippen molar-refractivity contribution in [2.24, 2.45) is 0 Å². The van der Waals surface area contributed by atoms with E-state index in [1.54, 1.807) is 0 Å². The van der Waals surface area contributed by atoms with E-state index in [-0.39, 0.29) is 17.8 Å². The highest BCUT2D eigenvalue weighted by atomic mass is 35.5. The van der Waals surface area contributed by atoms with E-state index in [1.165, 1.54) is 23.1 Å². The van der Waals surface area contributed by atoms with E-state index in [0.29, 0.717) is 40.8 Å². The molecule has 1 unspecified atom stereocenters. The van der Waals surface area contributed by atoms with Gasteiger partial charge in [0.05, 0.1) is 17.3 Å². The van der Waals surface area contributed by atoms with Crippen molar-refractivity contribution in [1.29, 1.82) is 0 Å². The molecule has 1 atom stereocenters. The van der Waals surface area contributed by atoms with Crippen molar-refractivity contribution < 1.29 is 18.7 Å². The molecule has 0 radical (unpaired) electrons. The molecule has 0 aliphatic carbocycles. The van der Waals surface area contributed by atoms with Crippen LogP contribution in [0.3, 0.4) is 0 Å². The Morgan fingerprint density at radius 2 is 1.97 bits per heavy atom. The molecule has 0 saturated carbocycles. The summed E-state index contributed by atoms with van der Waals surface area (Å²) in [7, 11) is 0. The number of thiophene rings is 1. The first-order valence-corrected chi connectivity index (χ1v) is 11.6. The Labute approximate surface area is 190 Å². The lowest BCUT2D eigenvalue weighted by Gasteiger charge is -2.26. The lowest BCUT2D eigenvalue weighted by Crippen LogP contribution is -2.41. The highest BCUT2D eigenvalue weighted by Crippen LogP contribution is 2.41. The van der Waals surface area contributed by atoms with Crippen LogP contribution in [0.1, 0.15) is 0 Å². The van der Waals surface area contributed by atoms with Gasteiger partial charge in [-0.25, -0.2) is 0 Å².